The van der Waals surface area contributed by atoms with Gasteiger partial charge in [0, 0.05) is 36.4 Å². The second-order valence-electron chi connectivity index (χ2n) is 5.62. The molecule has 2 unspecified atom stereocenters. The van der Waals surface area contributed by atoms with Gasteiger partial charge < -0.3 is 5.32 Å². The van der Waals surface area contributed by atoms with Crippen LogP contribution in [0.5, 0.6) is 0 Å². The molecule has 0 spiro atoms. The Labute approximate surface area is 122 Å². The fraction of sp³-hybridized carbons (Fsp3) is 1.00. The average molecular weight is 309 g/mol. The van der Waals surface area contributed by atoms with Crippen LogP contribution in [-0.4, -0.2) is 61.6 Å². The number of hydrogen-bond acceptors (Lipinski definition) is 5. The van der Waals surface area contributed by atoms with Crippen molar-refractivity contribution in [3.63, 3.8) is 0 Å². The summed E-state index contributed by atoms with van der Waals surface area (Å²) in [5.74, 6) is 2.61. The molecule has 1 saturated heterocycles. The molecular weight excluding hydrogens is 280 g/mol. The molecule has 4 nitrogen and oxygen atoms in total. The molecule has 19 heavy (non-hydrogen) atoms. The molecule has 0 bridgehead atoms. The highest BCUT2D eigenvalue weighted by Crippen LogP contribution is 2.23. The Bertz CT molecular complexity index is 358. The number of rotatable bonds is 7. The molecule has 1 fully saturated rings. The molecule has 0 radical (unpaired) electrons. The monoisotopic (exact) mass is 308 g/mol. The topological polar surface area (TPSA) is 49.4 Å². The van der Waals surface area contributed by atoms with Gasteiger partial charge in [-0.2, -0.15) is 11.8 Å². The number of nitrogens with one attached hydrogen (secondary N) is 1. The Morgan fingerprint density at radius 3 is 2.58 bits per heavy atom. The van der Waals surface area contributed by atoms with Crippen LogP contribution in [0.3, 0.4) is 0 Å². The minimum Gasteiger partial charge on any atom is -0.315 e. The first-order chi connectivity index (χ1) is 8.88. The van der Waals surface area contributed by atoms with Gasteiger partial charge >= 0.3 is 0 Å². The van der Waals surface area contributed by atoms with Gasteiger partial charge in [0.2, 0.25) is 0 Å². The zero-order valence-corrected chi connectivity index (χ0v) is 14.2. The quantitative estimate of drug-likeness (QED) is 0.771. The van der Waals surface area contributed by atoms with Crippen molar-refractivity contribution in [3.8, 4) is 0 Å². The van der Waals surface area contributed by atoms with E-state index in [0.717, 1.165) is 25.4 Å². The lowest BCUT2D eigenvalue weighted by Gasteiger charge is -2.39. The molecule has 1 N–H and O–H groups in total. The van der Waals surface area contributed by atoms with E-state index in [1.54, 1.807) is 18.7 Å². The zero-order valence-electron chi connectivity index (χ0n) is 12.6. The molecule has 0 amide bonds. The van der Waals surface area contributed by atoms with Crippen molar-refractivity contribution >= 4 is 21.6 Å². The number of nitrogens with zero attached hydrogens (tertiary/aromatic N) is 1. The van der Waals surface area contributed by atoms with Crippen LogP contribution in [0.1, 0.15) is 27.7 Å². The maximum atomic E-state index is 12.2. The van der Waals surface area contributed by atoms with Crippen LogP contribution in [0, 0.1) is 5.92 Å². The molecule has 1 aliphatic rings. The number of hydrogen-bond donors (Lipinski definition) is 1. The summed E-state index contributed by atoms with van der Waals surface area (Å²) in [6.07, 6.45) is 0. The second kappa shape index (κ2) is 7.86. The molecule has 0 aromatic rings. The van der Waals surface area contributed by atoms with Crippen molar-refractivity contribution < 1.29 is 8.42 Å². The SMILES string of the molecule is CCS(=O)(=O)C1CSCCN1C(C)CNCC(C)C. The largest absolute Gasteiger partial charge is 0.315 e. The van der Waals surface area contributed by atoms with Gasteiger partial charge in [0.1, 0.15) is 5.37 Å². The highest BCUT2D eigenvalue weighted by molar-refractivity contribution is 8.01. The summed E-state index contributed by atoms with van der Waals surface area (Å²) < 4.78 is 24.4. The summed E-state index contributed by atoms with van der Waals surface area (Å²) in [6, 6.07) is 0.269. The maximum absolute atomic E-state index is 12.2. The third-order valence-corrected chi connectivity index (χ3v) is 6.80. The highest BCUT2D eigenvalue weighted by atomic mass is 32.2. The minimum atomic E-state index is -2.98. The molecule has 0 aromatic carbocycles. The minimum absolute atomic E-state index is 0.237. The van der Waals surface area contributed by atoms with E-state index in [1.807, 2.05) is 0 Å². The molecule has 1 heterocycles. The lowest BCUT2D eigenvalue weighted by molar-refractivity contribution is 0.199. The van der Waals surface area contributed by atoms with Gasteiger partial charge in [-0.25, -0.2) is 8.42 Å². The molecule has 2 atom stereocenters. The Morgan fingerprint density at radius 2 is 2.00 bits per heavy atom. The van der Waals surface area contributed by atoms with Gasteiger partial charge in [-0.3, -0.25) is 4.90 Å². The van der Waals surface area contributed by atoms with Gasteiger partial charge in [0.25, 0.3) is 0 Å². The molecule has 114 valence electrons. The van der Waals surface area contributed by atoms with Gasteiger partial charge in [-0.1, -0.05) is 20.8 Å². The Balaban J connectivity index is 2.61. The van der Waals surface area contributed by atoms with E-state index < -0.39 is 9.84 Å². The van der Waals surface area contributed by atoms with E-state index in [0.29, 0.717) is 11.7 Å². The van der Waals surface area contributed by atoms with Crippen LogP contribution in [0.15, 0.2) is 0 Å². The predicted octanol–water partition coefficient (Wildman–Crippen LogP) is 1.43. The third-order valence-electron chi connectivity index (χ3n) is 3.50. The molecule has 0 aromatic heterocycles. The number of thioether (sulfide) groups is 1. The van der Waals surface area contributed by atoms with Crippen LogP contribution in [-0.2, 0) is 9.84 Å². The first-order valence-electron chi connectivity index (χ1n) is 7.14. The molecule has 1 rings (SSSR count). The maximum Gasteiger partial charge on any atom is 0.166 e. The summed E-state index contributed by atoms with van der Waals surface area (Å²) in [5.41, 5.74) is 0. The van der Waals surface area contributed by atoms with E-state index in [1.165, 1.54) is 0 Å². The molecule has 0 saturated carbocycles. The normalized spacial score (nSPS) is 23.7. The summed E-state index contributed by atoms with van der Waals surface area (Å²) in [5, 5.41) is 3.13. The lowest BCUT2D eigenvalue weighted by atomic mass is 10.2. The van der Waals surface area contributed by atoms with Gasteiger partial charge in [0.15, 0.2) is 9.84 Å². The Kier molecular flexibility index (Phi) is 7.14. The van der Waals surface area contributed by atoms with Crippen molar-refractivity contribution in [1.29, 1.82) is 0 Å². The van der Waals surface area contributed by atoms with Crippen molar-refractivity contribution in [2.45, 2.75) is 39.1 Å². The summed E-state index contributed by atoms with van der Waals surface area (Å²) in [7, 11) is -2.98. The predicted molar refractivity (Wildman–Crippen MR) is 84.4 cm³/mol. The fourth-order valence-electron chi connectivity index (χ4n) is 2.30. The van der Waals surface area contributed by atoms with Gasteiger partial charge in [-0.05, 0) is 19.4 Å². The standard InChI is InChI=1S/C13H28N2O2S2/c1-5-19(16,17)13-10-18-7-6-15(13)12(4)9-14-8-11(2)3/h11-14H,5-10H2,1-4H3. The molecule has 6 heteroatoms. The first-order valence-corrected chi connectivity index (χ1v) is 10.0. The fourth-order valence-corrected chi connectivity index (χ4v) is 5.43. The van der Waals surface area contributed by atoms with E-state index >= 15 is 0 Å². The van der Waals surface area contributed by atoms with Crippen LogP contribution in [0.4, 0.5) is 0 Å². The highest BCUT2D eigenvalue weighted by Gasteiger charge is 2.35. The van der Waals surface area contributed by atoms with Crippen molar-refractivity contribution in [2.75, 3.05) is 36.9 Å². The van der Waals surface area contributed by atoms with Gasteiger partial charge in [0.05, 0.1) is 0 Å². The van der Waals surface area contributed by atoms with E-state index in [-0.39, 0.29) is 17.2 Å². The van der Waals surface area contributed by atoms with Gasteiger partial charge in [-0.15, -0.1) is 0 Å². The van der Waals surface area contributed by atoms with Crippen LogP contribution >= 0.6 is 11.8 Å². The molecule has 0 aliphatic carbocycles. The summed E-state index contributed by atoms with van der Waals surface area (Å²) in [6.45, 7) is 10.9. The Morgan fingerprint density at radius 1 is 1.32 bits per heavy atom. The smallest absolute Gasteiger partial charge is 0.166 e. The number of sulfone groups is 1. The lowest BCUT2D eigenvalue weighted by Crippen LogP contribution is -2.54. The van der Waals surface area contributed by atoms with Crippen LogP contribution in [0.2, 0.25) is 0 Å². The molecular formula is C13H28N2O2S2. The third kappa shape index (κ3) is 5.25. The average Bonchev–Trinajstić information content (AvgIpc) is 2.38. The van der Waals surface area contributed by atoms with Crippen molar-refractivity contribution in [2.24, 2.45) is 5.92 Å². The van der Waals surface area contributed by atoms with Crippen LogP contribution < -0.4 is 5.32 Å². The van der Waals surface area contributed by atoms with Crippen molar-refractivity contribution in [3.05, 3.63) is 0 Å². The van der Waals surface area contributed by atoms with E-state index in [2.05, 4.69) is 31.0 Å². The van der Waals surface area contributed by atoms with E-state index in [4.69, 9.17) is 0 Å². The first kappa shape index (κ1) is 17.3. The Hall–Kier alpha value is 0.220. The summed E-state index contributed by atoms with van der Waals surface area (Å²) in [4.78, 5) is 2.17. The summed E-state index contributed by atoms with van der Waals surface area (Å²) >= 11 is 1.75. The molecule has 1 aliphatic heterocycles. The zero-order chi connectivity index (χ0) is 14.5. The second-order valence-corrected chi connectivity index (χ2v) is 9.22. The van der Waals surface area contributed by atoms with Crippen molar-refractivity contribution in [1.82, 2.24) is 10.2 Å². The van der Waals surface area contributed by atoms with E-state index in [9.17, 15) is 8.42 Å². The van der Waals surface area contributed by atoms with Crippen LogP contribution in [0.25, 0.3) is 0 Å².